The highest BCUT2D eigenvalue weighted by atomic mass is 16.5. The van der Waals surface area contributed by atoms with E-state index in [0.717, 1.165) is 22.3 Å². The van der Waals surface area contributed by atoms with Crippen LogP contribution in [0.25, 0.3) is 22.2 Å². The second kappa shape index (κ2) is 7.46. The zero-order chi connectivity index (χ0) is 18.6. The summed E-state index contributed by atoms with van der Waals surface area (Å²) >= 11 is 0. The van der Waals surface area contributed by atoms with Crippen LogP contribution < -0.4 is 10.3 Å². The van der Waals surface area contributed by atoms with Gasteiger partial charge in [-0.05, 0) is 48.4 Å². The molecule has 0 atom stereocenters. The summed E-state index contributed by atoms with van der Waals surface area (Å²) in [5.74, 6) is 0.760. The van der Waals surface area contributed by atoms with Crippen LogP contribution in [0.5, 0.6) is 5.75 Å². The highest BCUT2D eigenvalue weighted by Gasteiger charge is 2.13. The summed E-state index contributed by atoms with van der Waals surface area (Å²) in [5, 5.41) is 0.935. The van der Waals surface area contributed by atoms with Gasteiger partial charge in [-0.2, -0.15) is 0 Å². The van der Waals surface area contributed by atoms with Gasteiger partial charge in [0.25, 0.3) is 5.56 Å². The lowest BCUT2D eigenvalue weighted by molar-refractivity contribution is 0.340. The summed E-state index contributed by atoms with van der Waals surface area (Å²) in [6.45, 7) is 3.01. The van der Waals surface area contributed by atoms with Gasteiger partial charge in [-0.15, -0.1) is 0 Å². The minimum absolute atomic E-state index is 0.0568. The second-order valence-electron chi connectivity index (χ2n) is 6.31. The summed E-state index contributed by atoms with van der Waals surface area (Å²) < 4.78 is 7.34. The molecule has 0 aliphatic heterocycles. The van der Waals surface area contributed by atoms with Crippen LogP contribution in [0.4, 0.5) is 0 Å². The lowest BCUT2D eigenvalue weighted by atomic mass is 10.0. The van der Waals surface area contributed by atoms with E-state index in [-0.39, 0.29) is 5.56 Å². The lowest BCUT2D eigenvalue weighted by Gasteiger charge is -2.13. The van der Waals surface area contributed by atoms with E-state index >= 15 is 0 Å². The van der Waals surface area contributed by atoms with E-state index in [1.165, 1.54) is 0 Å². The number of rotatable bonds is 5. The molecule has 0 bridgehead atoms. The molecule has 0 unspecified atom stereocenters. The van der Waals surface area contributed by atoms with Crippen LogP contribution in [0.15, 0.2) is 83.8 Å². The van der Waals surface area contributed by atoms with Gasteiger partial charge >= 0.3 is 0 Å². The molecule has 27 heavy (non-hydrogen) atoms. The molecule has 0 aliphatic rings. The van der Waals surface area contributed by atoms with Crippen molar-refractivity contribution < 1.29 is 4.74 Å². The second-order valence-corrected chi connectivity index (χ2v) is 6.31. The van der Waals surface area contributed by atoms with Gasteiger partial charge in [0, 0.05) is 17.1 Å². The Balaban J connectivity index is 1.91. The summed E-state index contributed by atoms with van der Waals surface area (Å²) in [5.41, 5.74) is 3.19. The minimum Gasteiger partial charge on any atom is -0.494 e. The van der Waals surface area contributed by atoms with E-state index < -0.39 is 0 Å². The van der Waals surface area contributed by atoms with Crippen molar-refractivity contribution >= 4 is 11.0 Å². The molecule has 0 radical (unpaired) electrons. The molecule has 0 N–H and O–H groups in total. The molecule has 0 fully saturated rings. The zero-order valence-corrected chi connectivity index (χ0v) is 15.1. The van der Waals surface area contributed by atoms with Crippen LogP contribution in [0, 0.1) is 0 Å². The first-order valence-corrected chi connectivity index (χ1v) is 9.02. The fourth-order valence-corrected chi connectivity index (χ4v) is 3.25. The molecule has 4 rings (SSSR count). The van der Waals surface area contributed by atoms with Gasteiger partial charge in [-0.3, -0.25) is 9.36 Å². The summed E-state index contributed by atoms with van der Waals surface area (Å²) in [7, 11) is 0. The standard InChI is InChI=1S/C23H20N2O2/c1-2-27-20-12-6-10-18(14-20)21-15-19-11-7-13-24-22(19)25(23(21)26)16-17-8-4-3-5-9-17/h3-15H,2,16H2,1H3. The van der Waals surface area contributed by atoms with Crippen LogP contribution >= 0.6 is 0 Å². The summed E-state index contributed by atoms with van der Waals surface area (Å²) in [6, 6.07) is 23.4. The molecule has 0 saturated heterocycles. The Hall–Kier alpha value is -3.40. The van der Waals surface area contributed by atoms with Crippen molar-refractivity contribution in [1.82, 2.24) is 9.55 Å². The molecule has 4 nitrogen and oxygen atoms in total. The number of hydrogen-bond donors (Lipinski definition) is 0. The molecule has 0 spiro atoms. The molecule has 4 heteroatoms. The molecule has 4 aromatic rings. The van der Waals surface area contributed by atoms with Crippen LogP contribution in [-0.2, 0) is 6.54 Å². The molecular formula is C23H20N2O2. The predicted octanol–water partition coefficient (Wildman–Crippen LogP) is 4.51. The quantitative estimate of drug-likeness (QED) is 0.528. The highest BCUT2D eigenvalue weighted by Crippen LogP contribution is 2.24. The molecule has 134 valence electrons. The maximum atomic E-state index is 13.3. The topological polar surface area (TPSA) is 44.1 Å². The molecule has 2 aromatic heterocycles. The SMILES string of the molecule is CCOc1cccc(-c2cc3cccnc3n(Cc3ccccc3)c2=O)c1. The van der Waals surface area contributed by atoms with Crippen LogP contribution in [0.3, 0.4) is 0 Å². The van der Waals surface area contributed by atoms with E-state index in [1.54, 1.807) is 10.8 Å². The third kappa shape index (κ3) is 3.47. The first-order valence-electron chi connectivity index (χ1n) is 9.02. The number of nitrogens with zero attached hydrogens (tertiary/aromatic N) is 2. The van der Waals surface area contributed by atoms with Gasteiger partial charge in [-0.25, -0.2) is 4.98 Å². The predicted molar refractivity (Wildman–Crippen MR) is 108 cm³/mol. The lowest BCUT2D eigenvalue weighted by Crippen LogP contribution is -2.23. The van der Waals surface area contributed by atoms with Crippen molar-refractivity contribution in [1.29, 1.82) is 0 Å². The first kappa shape index (κ1) is 17.0. The molecular weight excluding hydrogens is 336 g/mol. The van der Waals surface area contributed by atoms with Gasteiger partial charge in [-0.1, -0.05) is 42.5 Å². The summed E-state index contributed by atoms with van der Waals surface area (Å²) in [4.78, 5) is 17.8. The molecule has 2 heterocycles. The van der Waals surface area contributed by atoms with Crippen LogP contribution in [0.1, 0.15) is 12.5 Å². The number of fused-ring (bicyclic) bond motifs is 1. The molecule has 0 saturated carbocycles. The molecule has 0 aliphatic carbocycles. The van der Waals surface area contributed by atoms with Gasteiger partial charge in [0.15, 0.2) is 0 Å². The van der Waals surface area contributed by atoms with E-state index in [9.17, 15) is 4.79 Å². The zero-order valence-electron chi connectivity index (χ0n) is 15.1. The van der Waals surface area contributed by atoms with Gasteiger partial charge in [0.05, 0.1) is 13.2 Å². The Kier molecular flexibility index (Phi) is 4.71. The number of pyridine rings is 2. The number of hydrogen-bond acceptors (Lipinski definition) is 3. The number of benzene rings is 2. The first-order chi connectivity index (χ1) is 13.3. The maximum Gasteiger partial charge on any atom is 0.260 e. The fraction of sp³-hybridized carbons (Fsp3) is 0.130. The van der Waals surface area contributed by atoms with Gasteiger partial charge < -0.3 is 4.74 Å². The smallest absolute Gasteiger partial charge is 0.260 e. The van der Waals surface area contributed by atoms with Crippen molar-refractivity contribution in [2.24, 2.45) is 0 Å². The number of ether oxygens (including phenoxy) is 1. The minimum atomic E-state index is -0.0568. The van der Waals surface area contributed by atoms with Crippen molar-refractivity contribution in [3.8, 4) is 16.9 Å². The largest absolute Gasteiger partial charge is 0.494 e. The van der Waals surface area contributed by atoms with E-state index in [0.29, 0.717) is 24.4 Å². The molecule has 0 amide bonds. The van der Waals surface area contributed by atoms with Crippen molar-refractivity contribution in [2.75, 3.05) is 6.61 Å². The van der Waals surface area contributed by atoms with Crippen LogP contribution in [0.2, 0.25) is 0 Å². The Bertz CT molecular complexity index is 1130. The van der Waals surface area contributed by atoms with E-state index in [1.807, 2.05) is 79.7 Å². The van der Waals surface area contributed by atoms with Crippen LogP contribution in [-0.4, -0.2) is 16.2 Å². The fourth-order valence-electron chi connectivity index (χ4n) is 3.25. The van der Waals surface area contributed by atoms with Crippen molar-refractivity contribution in [3.05, 3.63) is 94.9 Å². The van der Waals surface area contributed by atoms with E-state index in [2.05, 4.69) is 4.98 Å². The normalized spacial score (nSPS) is 10.9. The Morgan fingerprint density at radius 2 is 1.81 bits per heavy atom. The Morgan fingerprint density at radius 1 is 0.963 bits per heavy atom. The highest BCUT2D eigenvalue weighted by molar-refractivity contribution is 5.81. The third-order valence-corrected chi connectivity index (χ3v) is 4.49. The monoisotopic (exact) mass is 356 g/mol. The van der Waals surface area contributed by atoms with Crippen molar-refractivity contribution in [2.45, 2.75) is 13.5 Å². The van der Waals surface area contributed by atoms with E-state index in [4.69, 9.17) is 4.74 Å². The molecule has 2 aromatic carbocycles. The number of aromatic nitrogens is 2. The summed E-state index contributed by atoms with van der Waals surface area (Å²) in [6.07, 6.45) is 1.72. The van der Waals surface area contributed by atoms with Crippen molar-refractivity contribution in [3.63, 3.8) is 0 Å². The average Bonchev–Trinajstić information content (AvgIpc) is 2.71. The Labute approximate surface area is 157 Å². The van der Waals surface area contributed by atoms with Gasteiger partial charge in [0.1, 0.15) is 11.4 Å². The Morgan fingerprint density at radius 3 is 2.63 bits per heavy atom. The maximum absolute atomic E-state index is 13.3. The van der Waals surface area contributed by atoms with Gasteiger partial charge in [0.2, 0.25) is 0 Å². The third-order valence-electron chi connectivity index (χ3n) is 4.49. The average molecular weight is 356 g/mol.